The molecule has 1 saturated heterocycles. The normalized spacial score (nSPS) is 17.6. The van der Waals surface area contributed by atoms with Gasteiger partial charge in [-0.25, -0.2) is 4.98 Å². The summed E-state index contributed by atoms with van der Waals surface area (Å²) in [5, 5.41) is 11.4. The number of nitrogens with one attached hydrogen (secondary N) is 3. The van der Waals surface area contributed by atoms with Crippen molar-refractivity contribution in [3.63, 3.8) is 0 Å². The van der Waals surface area contributed by atoms with Crippen LogP contribution in [0.25, 0.3) is 22.0 Å². The summed E-state index contributed by atoms with van der Waals surface area (Å²) >= 11 is 0. The number of carbonyl (C=O) groups excluding carboxylic acids is 2. The highest BCUT2D eigenvalue weighted by Gasteiger charge is 2.47. The Kier molecular flexibility index (Phi) is 4.94. The van der Waals surface area contributed by atoms with Gasteiger partial charge in [0.05, 0.1) is 18.0 Å². The van der Waals surface area contributed by atoms with E-state index in [0.717, 1.165) is 60.8 Å². The SMILES string of the molecule is O=C(NC1CCC2(CC1)CN(C(=O)c1n[nH]c3cc(-c4ccccc4)ccc13)C2)c1cnc[nH]1. The van der Waals surface area contributed by atoms with Gasteiger partial charge >= 0.3 is 0 Å². The maximum atomic E-state index is 13.2. The summed E-state index contributed by atoms with van der Waals surface area (Å²) in [5.41, 5.74) is 4.24. The zero-order valence-corrected chi connectivity index (χ0v) is 18.8. The zero-order chi connectivity index (χ0) is 23.1. The summed E-state index contributed by atoms with van der Waals surface area (Å²) in [6.07, 6.45) is 6.91. The third kappa shape index (κ3) is 3.65. The number of imidazole rings is 1. The van der Waals surface area contributed by atoms with Crippen LogP contribution in [0.4, 0.5) is 0 Å². The number of nitrogens with zero attached hydrogens (tertiary/aromatic N) is 3. The molecule has 1 saturated carbocycles. The first-order chi connectivity index (χ1) is 16.6. The predicted octanol–water partition coefficient (Wildman–Crippen LogP) is 3.77. The molecular formula is C26H26N6O2. The number of rotatable bonds is 4. The topological polar surface area (TPSA) is 107 Å². The molecule has 34 heavy (non-hydrogen) atoms. The molecule has 0 atom stereocenters. The highest BCUT2D eigenvalue weighted by Crippen LogP contribution is 2.44. The van der Waals surface area contributed by atoms with Crippen molar-refractivity contribution in [2.45, 2.75) is 31.7 Å². The van der Waals surface area contributed by atoms with Crippen LogP contribution in [-0.2, 0) is 0 Å². The van der Waals surface area contributed by atoms with Crippen LogP contribution in [0.2, 0.25) is 0 Å². The first-order valence-electron chi connectivity index (χ1n) is 11.7. The van der Waals surface area contributed by atoms with E-state index < -0.39 is 0 Å². The van der Waals surface area contributed by atoms with Gasteiger partial charge in [0.2, 0.25) is 0 Å². The fourth-order valence-electron chi connectivity index (χ4n) is 5.38. The number of hydrogen-bond donors (Lipinski definition) is 3. The minimum Gasteiger partial charge on any atom is -0.348 e. The Balaban J connectivity index is 1.08. The van der Waals surface area contributed by atoms with Gasteiger partial charge < -0.3 is 15.2 Å². The molecule has 172 valence electrons. The van der Waals surface area contributed by atoms with Crippen molar-refractivity contribution >= 4 is 22.7 Å². The highest BCUT2D eigenvalue weighted by atomic mass is 16.2. The molecular weight excluding hydrogens is 428 g/mol. The molecule has 2 fully saturated rings. The van der Waals surface area contributed by atoms with E-state index in [1.165, 1.54) is 12.5 Å². The summed E-state index contributed by atoms with van der Waals surface area (Å²) in [7, 11) is 0. The second-order valence-electron chi connectivity index (χ2n) is 9.57. The van der Waals surface area contributed by atoms with E-state index in [9.17, 15) is 9.59 Å². The molecule has 1 aliphatic heterocycles. The molecule has 8 nitrogen and oxygen atoms in total. The molecule has 6 rings (SSSR count). The van der Waals surface area contributed by atoms with Gasteiger partial charge in [0.1, 0.15) is 5.69 Å². The lowest BCUT2D eigenvalue weighted by atomic mass is 9.67. The fourth-order valence-corrected chi connectivity index (χ4v) is 5.38. The van der Waals surface area contributed by atoms with E-state index in [1.54, 1.807) is 0 Å². The largest absolute Gasteiger partial charge is 0.348 e. The number of hydrogen-bond acceptors (Lipinski definition) is 4. The number of fused-ring (bicyclic) bond motifs is 1. The molecule has 2 amide bonds. The quantitative estimate of drug-likeness (QED) is 0.436. The number of carbonyl (C=O) groups is 2. The smallest absolute Gasteiger partial charge is 0.275 e. The van der Waals surface area contributed by atoms with Crippen molar-refractivity contribution in [2.24, 2.45) is 5.41 Å². The van der Waals surface area contributed by atoms with Crippen molar-refractivity contribution in [3.8, 4) is 11.1 Å². The second kappa shape index (κ2) is 8.13. The van der Waals surface area contributed by atoms with Gasteiger partial charge in [0.15, 0.2) is 5.69 Å². The molecule has 2 aliphatic rings. The summed E-state index contributed by atoms with van der Waals surface area (Å²) in [5.74, 6) is -0.122. The predicted molar refractivity (Wildman–Crippen MR) is 128 cm³/mol. The molecule has 0 radical (unpaired) electrons. The third-order valence-corrected chi connectivity index (χ3v) is 7.34. The summed E-state index contributed by atoms with van der Waals surface area (Å²) in [6, 6.07) is 16.4. The van der Waals surface area contributed by atoms with E-state index >= 15 is 0 Å². The number of benzene rings is 2. The Morgan fingerprint density at radius 3 is 2.56 bits per heavy atom. The third-order valence-electron chi connectivity index (χ3n) is 7.34. The van der Waals surface area contributed by atoms with E-state index in [1.807, 2.05) is 41.3 Å². The molecule has 3 N–H and O–H groups in total. The molecule has 4 aromatic rings. The Hall–Kier alpha value is -3.94. The molecule has 1 spiro atoms. The number of H-pyrrole nitrogens is 2. The molecule has 2 aromatic carbocycles. The average molecular weight is 455 g/mol. The van der Waals surface area contributed by atoms with Gasteiger partial charge in [-0.15, -0.1) is 0 Å². The lowest BCUT2D eigenvalue weighted by Gasteiger charge is -2.53. The minimum absolute atomic E-state index is 0.0148. The monoisotopic (exact) mass is 454 g/mol. The number of amides is 2. The van der Waals surface area contributed by atoms with Crippen LogP contribution in [0.1, 0.15) is 46.7 Å². The highest BCUT2D eigenvalue weighted by molar-refractivity contribution is 6.05. The number of likely N-dealkylation sites (tertiary alicyclic amines) is 1. The van der Waals surface area contributed by atoms with Crippen LogP contribution in [0.15, 0.2) is 61.1 Å². The van der Waals surface area contributed by atoms with E-state index in [0.29, 0.717) is 11.4 Å². The van der Waals surface area contributed by atoms with E-state index in [-0.39, 0.29) is 23.3 Å². The van der Waals surface area contributed by atoms with Crippen molar-refractivity contribution < 1.29 is 9.59 Å². The van der Waals surface area contributed by atoms with E-state index in [4.69, 9.17) is 0 Å². The van der Waals surface area contributed by atoms with E-state index in [2.05, 4.69) is 37.6 Å². The Morgan fingerprint density at radius 1 is 1.03 bits per heavy atom. The zero-order valence-electron chi connectivity index (χ0n) is 18.8. The maximum Gasteiger partial charge on any atom is 0.275 e. The van der Waals surface area contributed by atoms with Crippen LogP contribution in [0, 0.1) is 5.41 Å². The van der Waals surface area contributed by atoms with Crippen LogP contribution in [-0.4, -0.2) is 56.0 Å². The Bertz CT molecular complexity index is 1330. The Morgan fingerprint density at radius 2 is 1.82 bits per heavy atom. The molecule has 0 unspecified atom stereocenters. The molecule has 8 heteroatoms. The van der Waals surface area contributed by atoms with Crippen molar-refractivity contribution in [1.82, 2.24) is 30.4 Å². The van der Waals surface area contributed by atoms with Gasteiger partial charge in [-0.2, -0.15) is 5.10 Å². The average Bonchev–Trinajstić information content (AvgIpc) is 3.53. The molecule has 0 bridgehead atoms. The van der Waals surface area contributed by atoms with Crippen molar-refractivity contribution in [3.05, 3.63) is 72.4 Å². The van der Waals surface area contributed by atoms with Crippen LogP contribution in [0.3, 0.4) is 0 Å². The van der Waals surface area contributed by atoms with Gasteiger partial charge in [-0.3, -0.25) is 14.7 Å². The Labute approximate surface area is 196 Å². The lowest BCUT2D eigenvalue weighted by molar-refractivity contribution is -0.0200. The summed E-state index contributed by atoms with van der Waals surface area (Å²) in [4.78, 5) is 34.1. The van der Waals surface area contributed by atoms with Gasteiger partial charge in [-0.05, 0) is 48.9 Å². The minimum atomic E-state index is -0.107. The first-order valence-corrected chi connectivity index (χ1v) is 11.7. The van der Waals surface area contributed by atoms with Crippen molar-refractivity contribution in [2.75, 3.05) is 13.1 Å². The van der Waals surface area contributed by atoms with Crippen LogP contribution >= 0.6 is 0 Å². The van der Waals surface area contributed by atoms with Crippen LogP contribution < -0.4 is 5.32 Å². The number of aromatic amines is 2. The number of aromatic nitrogens is 4. The fraction of sp³-hybridized carbons (Fsp3) is 0.308. The van der Waals surface area contributed by atoms with Gasteiger partial charge in [-0.1, -0.05) is 36.4 Å². The lowest BCUT2D eigenvalue weighted by Crippen LogP contribution is -2.60. The molecule has 3 heterocycles. The summed E-state index contributed by atoms with van der Waals surface area (Å²) in [6.45, 7) is 1.51. The standard InChI is InChI=1S/C26H26N6O2/c33-24(22-13-27-16-28-22)29-19-8-10-26(11-9-19)14-32(15-26)25(34)23-20-7-6-18(12-21(20)30-31-23)17-4-2-1-3-5-17/h1-7,12-13,16,19H,8-11,14-15H2,(H,27,28)(H,29,33)(H,30,31). The molecule has 2 aromatic heterocycles. The van der Waals surface area contributed by atoms with Crippen molar-refractivity contribution in [1.29, 1.82) is 0 Å². The van der Waals surface area contributed by atoms with Crippen LogP contribution in [0.5, 0.6) is 0 Å². The maximum absolute atomic E-state index is 13.2. The molecule has 1 aliphatic carbocycles. The van der Waals surface area contributed by atoms with Gasteiger partial charge in [0, 0.05) is 29.9 Å². The van der Waals surface area contributed by atoms with Gasteiger partial charge in [0.25, 0.3) is 11.8 Å². The second-order valence-corrected chi connectivity index (χ2v) is 9.57. The summed E-state index contributed by atoms with van der Waals surface area (Å²) < 4.78 is 0. The first kappa shape index (κ1) is 20.7.